The molecular weight excluding hydrogens is 370 g/mol. The van der Waals surface area contributed by atoms with Gasteiger partial charge in [0.05, 0.1) is 16.9 Å². The topological polar surface area (TPSA) is 71.1 Å². The summed E-state index contributed by atoms with van der Waals surface area (Å²) in [5, 5.41) is 6.63. The molecular formula is C22H21N3O2S. The molecule has 0 aliphatic rings. The molecule has 0 radical (unpaired) electrons. The van der Waals surface area contributed by atoms with Crippen LogP contribution in [0.2, 0.25) is 0 Å². The average Bonchev–Trinajstić information content (AvgIpc) is 2.72. The Hall–Kier alpha value is -3.12. The quantitative estimate of drug-likeness (QED) is 0.580. The Morgan fingerprint density at radius 3 is 2.36 bits per heavy atom. The van der Waals surface area contributed by atoms with E-state index < -0.39 is 0 Å². The summed E-state index contributed by atoms with van der Waals surface area (Å²) in [5.41, 5.74) is 3.13. The predicted octanol–water partition coefficient (Wildman–Crippen LogP) is 5.01. The molecule has 5 nitrogen and oxygen atoms in total. The van der Waals surface area contributed by atoms with Crippen LogP contribution in [0.15, 0.2) is 71.9 Å². The lowest BCUT2D eigenvalue weighted by Gasteiger charge is -2.11. The first-order chi connectivity index (χ1) is 13.6. The number of nitrogens with zero attached hydrogens (tertiary/aromatic N) is 1. The standard InChI is InChI=1S/C22H21N3O2S/c1-3-28-20-12-11-18(14-23-20)24-22(27)17-10-9-15(2)19(13-17)25-21(26)16-7-5-4-6-8-16/h4-14H,3H2,1-2H3,(H,24,27)(H,25,26). The van der Waals surface area contributed by atoms with Crippen LogP contribution in [-0.4, -0.2) is 22.6 Å². The van der Waals surface area contributed by atoms with Gasteiger partial charge in [-0.15, -0.1) is 11.8 Å². The van der Waals surface area contributed by atoms with E-state index in [1.54, 1.807) is 42.2 Å². The zero-order valence-electron chi connectivity index (χ0n) is 15.7. The van der Waals surface area contributed by atoms with Crippen LogP contribution in [0.3, 0.4) is 0 Å². The largest absolute Gasteiger partial charge is 0.322 e. The Labute approximate surface area is 168 Å². The fourth-order valence-electron chi connectivity index (χ4n) is 2.57. The predicted molar refractivity (Wildman–Crippen MR) is 114 cm³/mol. The van der Waals surface area contributed by atoms with Crippen LogP contribution in [0.1, 0.15) is 33.2 Å². The molecule has 1 heterocycles. The van der Waals surface area contributed by atoms with Gasteiger partial charge in [0.1, 0.15) is 0 Å². The lowest BCUT2D eigenvalue weighted by Crippen LogP contribution is -2.15. The molecule has 0 fully saturated rings. The maximum absolute atomic E-state index is 12.6. The number of pyridine rings is 1. The number of hydrogen-bond acceptors (Lipinski definition) is 4. The summed E-state index contributed by atoms with van der Waals surface area (Å²) in [7, 11) is 0. The van der Waals surface area contributed by atoms with E-state index in [1.807, 2.05) is 43.3 Å². The first-order valence-electron chi connectivity index (χ1n) is 8.94. The number of hydrogen-bond donors (Lipinski definition) is 2. The average molecular weight is 391 g/mol. The van der Waals surface area contributed by atoms with Gasteiger partial charge in [-0.25, -0.2) is 4.98 Å². The van der Waals surface area contributed by atoms with Gasteiger partial charge >= 0.3 is 0 Å². The third-order valence-electron chi connectivity index (χ3n) is 4.07. The normalized spacial score (nSPS) is 10.4. The van der Waals surface area contributed by atoms with E-state index in [-0.39, 0.29) is 11.8 Å². The minimum absolute atomic E-state index is 0.213. The SMILES string of the molecule is CCSc1ccc(NC(=O)c2ccc(C)c(NC(=O)c3ccccc3)c2)cn1. The first-order valence-corrected chi connectivity index (χ1v) is 9.92. The van der Waals surface area contributed by atoms with Crippen LogP contribution in [0.5, 0.6) is 0 Å². The van der Waals surface area contributed by atoms with Crippen LogP contribution in [0.25, 0.3) is 0 Å². The minimum Gasteiger partial charge on any atom is -0.322 e. The Morgan fingerprint density at radius 2 is 1.68 bits per heavy atom. The fourth-order valence-corrected chi connectivity index (χ4v) is 3.16. The lowest BCUT2D eigenvalue weighted by atomic mass is 10.1. The molecule has 142 valence electrons. The van der Waals surface area contributed by atoms with Crippen LogP contribution in [0.4, 0.5) is 11.4 Å². The first kappa shape index (κ1) is 19.6. The van der Waals surface area contributed by atoms with E-state index in [9.17, 15) is 9.59 Å². The van der Waals surface area contributed by atoms with Gasteiger partial charge in [-0.3, -0.25) is 9.59 Å². The van der Waals surface area contributed by atoms with Gasteiger partial charge < -0.3 is 10.6 Å². The molecule has 0 saturated carbocycles. The molecule has 0 spiro atoms. The molecule has 2 amide bonds. The zero-order valence-corrected chi connectivity index (χ0v) is 16.5. The summed E-state index contributed by atoms with van der Waals surface area (Å²) in [5.74, 6) is 0.474. The number of carbonyl (C=O) groups is 2. The molecule has 0 atom stereocenters. The number of aromatic nitrogens is 1. The van der Waals surface area contributed by atoms with E-state index in [4.69, 9.17) is 0 Å². The van der Waals surface area contributed by atoms with Crippen molar-refractivity contribution in [2.45, 2.75) is 18.9 Å². The Bertz CT molecular complexity index is 973. The molecule has 3 aromatic rings. The number of nitrogens with one attached hydrogen (secondary N) is 2. The third-order valence-corrected chi connectivity index (χ3v) is 4.90. The minimum atomic E-state index is -0.257. The van der Waals surface area contributed by atoms with Crippen LogP contribution < -0.4 is 10.6 Å². The smallest absolute Gasteiger partial charge is 0.255 e. The molecule has 2 aromatic carbocycles. The Kier molecular flexibility index (Phi) is 6.45. The number of benzene rings is 2. The molecule has 0 aliphatic heterocycles. The lowest BCUT2D eigenvalue weighted by molar-refractivity contribution is 0.101. The summed E-state index contributed by atoms with van der Waals surface area (Å²) in [6.45, 7) is 3.95. The summed E-state index contributed by atoms with van der Waals surface area (Å²) in [6, 6.07) is 17.9. The van der Waals surface area contributed by atoms with Gasteiger partial charge in [0.15, 0.2) is 0 Å². The number of rotatable bonds is 6. The fraction of sp³-hybridized carbons (Fsp3) is 0.136. The molecule has 3 rings (SSSR count). The van der Waals surface area contributed by atoms with E-state index in [2.05, 4.69) is 22.5 Å². The monoisotopic (exact) mass is 391 g/mol. The highest BCUT2D eigenvalue weighted by molar-refractivity contribution is 7.99. The second-order valence-corrected chi connectivity index (χ2v) is 7.41. The Balaban J connectivity index is 1.73. The maximum Gasteiger partial charge on any atom is 0.255 e. The summed E-state index contributed by atoms with van der Waals surface area (Å²) in [4.78, 5) is 29.3. The summed E-state index contributed by atoms with van der Waals surface area (Å²) >= 11 is 1.64. The van der Waals surface area contributed by atoms with Crippen molar-refractivity contribution in [3.05, 3.63) is 83.6 Å². The molecule has 0 saturated heterocycles. The van der Waals surface area contributed by atoms with Gasteiger partial charge in [0.25, 0.3) is 11.8 Å². The molecule has 0 bridgehead atoms. The second-order valence-electron chi connectivity index (χ2n) is 6.12. The number of amides is 2. The van der Waals surface area contributed by atoms with Crippen molar-refractivity contribution in [3.8, 4) is 0 Å². The van der Waals surface area contributed by atoms with Gasteiger partial charge in [0, 0.05) is 16.8 Å². The Morgan fingerprint density at radius 1 is 0.929 bits per heavy atom. The van der Waals surface area contributed by atoms with Crippen molar-refractivity contribution in [1.82, 2.24) is 4.98 Å². The molecule has 0 unspecified atom stereocenters. The van der Waals surface area contributed by atoms with Crippen molar-refractivity contribution < 1.29 is 9.59 Å². The second kappa shape index (κ2) is 9.19. The van der Waals surface area contributed by atoms with Crippen molar-refractivity contribution in [2.24, 2.45) is 0 Å². The van der Waals surface area contributed by atoms with Crippen LogP contribution >= 0.6 is 11.8 Å². The molecule has 28 heavy (non-hydrogen) atoms. The number of anilines is 2. The third kappa shape index (κ3) is 4.98. The van der Waals surface area contributed by atoms with E-state index in [0.29, 0.717) is 22.5 Å². The van der Waals surface area contributed by atoms with Crippen LogP contribution in [0, 0.1) is 6.92 Å². The van der Waals surface area contributed by atoms with Crippen LogP contribution in [-0.2, 0) is 0 Å². The van der Waals surface area contributed by atoms with Crippen molar-refractivity contribution in [1.29, 1.82) is 0 Å². The maximum atomic E-state index is 12.6. The number of carbonyl (C=O) groups excluding carboxylic acids is 2. The van der Waals surface area contributed by atoms with Crippen molar-refractivity contribution in [2.75, 3.05) is 16.4 Å². The zero-order chi connectivity index (χ0) is 19.9. The van der Waals surface area contributed by atoms with E-state index in [0.717, 1.165) is 16.3 Å². The van der Waals surface area contributed by atoms with E-state index >= 15 is 0 Å². The highest BCUT2D eigenvalue weighted by Gasteiger charge is 2.12. The molecule has 6 heteroatoms. The molecule has 0 aliphatic carbocycles. The van der Waals surface area contributed by atoms with Gasteiger partial charge in [-0.1, -0.05) is 31.2 Å². The summed E-state index contributed by atoms with van der Waals surface area (Å²) < 4.78 is 0. The number of thioether (sulfide) groups is 1. The molecule has 1 aromatic heterocycles. The van der Waals surface area contributed by atoms with Gasteiger partial charge in [-0.05, 0) is 54.6 Å². The molecule has 2 N–H and O–H groups in total. The van der Waals surface area contributed by atoms with E-state index in [1.165, 1.54) is 0 Å². The van der Waals surface area contributed by atoms with Gasteiger partial charge in [0.2, 0.25) is 0 Å². The van der Waals surface area contributed by atoms with Crippen molar-refractivity contribution in [3.63, 3.8) is 0 Å². The van der Waals surface area contributed by atoms with Crippen molar-refractivity contribution >= 4 is 35.0 Å². The number of aryl methyl sites for hydroxylation is 1. The highest BCUT2D eigenvalue weighted by atomic mass is 32.2. The highest BCUT2D eigenvalue weighted by Crippen LogP contribution is 2.20. The summed E-state index contributed by atoms with van der Waals surface area (Å²) in [6.07, 6.45) is 1.64. The van der Waals surface area contributed by atoms with Gasteiger partial charge in [-0.2, -0.15) is 0 Å².